The van der Waals surface area contributed by atoms with Crippen LogP contribution in [0.2, 0.25) is 0 Å². The third-order valence-electron chi connectivity index (χ3n) is 8.44. The van der Waals surface area contributed by atoms with Crippen molar-refractivity contribution in [2.45, 2.75) is 20.8 Å². The summed E-state index contributed by atoms with van der Waals surface area (Å²) >= 11 is 0. The Bertz CT molecular complexity index is 2200. The molecule has 0 atom stereocenters. The summed E-state index contributed by atoms with van der Waals surface area (Å²) in [7, 11) is 0. The van der Waals surface area contributed by atoms with E-state index in [9.17, 15) is 0 Å². The number of aromatic nitrogens is 3. The van der Waals surface area contributed by atoms with Gasteiger partial charge in [0.25, 0.3) is 0 Å². The number of rotatable bonds is 5. The van der Waals surface area contributed by atoms with Crippen LogP contribution in [-0.2, 0) is 0 Å². The molecule has 3 heteroatoms. The molecule has 0 unspecified atom stereocenters. The zero-order valence-electron chi connectivity index (χ0n) is 24.6. The van der Waals surface area contributed by atoms with Gasteiger partial charge in [0.15, 0.2) is 0 Å². The van der Waals surface area contributed by atoms with E-state index >= 15 is 0 Å². The predicted molar refractivity (Wildman–Crippen MR) is 182 cm³/mol. The first kappa shape index (κ1) is 26.5. The van der Waals surface area contributed by atoms with Crippen molar-refractivity contribution in [2.24, 2.45) is 0 Å². The van der Waals surface area contributed by atoms with Crippen molar-refractivity contribution >= 4 is 44.1 Å². The van der Waals surface area contributed by atoms with Gasteiger partial charge in [-0.2, -0.15) is 0 Å². The first-order valence-electron chi connectivity index (χ1n) is 14.6. The molecule has 3 nitrogen and oxygen atoms in total. The maximum Gasteiger partial charge on any atom is 0.0791 e. The number of pyridine rings is 3. The van der Waals surface area contributed by atoms with Gasteiger partial charge in [-0.05, 0) is 72.5 Å². The Morgan fingerprint density at radius 1 is 0.581 bits per heavy atom. The molecule has 0 saturated heterocycles. The van der Waals surface area contributed by atoms with Crippen LogP contribution in [0.15, 0.2) is 122 Å². The van der Waals surface area contributed by atoms with E-state index in [1.165, 1.54) is 32.7 Å². The zero-order valence-corrected chi connectivity index (χ0v) is 24.6. The van der Waals surface area contributed by atoms with Crippen molar-refractivity contribution in [1.82, 2.24) is 15.0 Å². The van der Waals surface area contributed by atoms with E-state index in [0.29, 0.717) is 0 Å². The third kappa shape index (κ3) is 4.41. The molecule has 0 spiro atoms. The zero-order chi connectivity index (χ0) is 29.5. The van der Waals surface area contributed by atoms with Gasteiger partial charge in [-0.3, -0.25) is 4.98 Å². The summed E-state index contributed by atoms with van der Waals surface area (Å²) < 4.78 is 0. The van der Waals surface area contributed by atoms with E-state index in [0.717, 1.165) is 55.9 Å². The summed E-state index contributed by atoms with van der Waals surface area (Å²) in [6.45, 7) is 10.8. The first-order valence-corrected chi connectivity index (χ1v) is 14.6. The molecule has 3 aromatic heterocycles. The number of fused-ring (bicyclic) bond motifs is 4. The number of hydrogen-bond acceptors (Lipinski definition) is 3. The molecule has 0 radical (unpaired) electrons. The second-order valence-corrected chi connectivity index (χ2v) is 10.9. The molecule has 3 heterocycles. The van der Waals surface area contributed by atoms with Gasteiger partial charge < -0.3 is 0 Å². The number of allylic oxidation sites excluding steroid dienone is 2. The van der Waals surface area contributed by atoms with Crippen molar-refractivity contribution < 1.29 is 0 Å². The molecule has 4 aromatic carbocycles. The van der Waals surface area contributed by atoms with Crippen molar-refractivity contribution in [3.8, 4) is 22.5 Å². The Kier molecular flexibility index (Phi) is 6.64. The Balaban J connectivity index is 1.69. The minimum atomic E-state index is 0.869. The lowest BCUT2D eigenvalue weighted by molar-refractivity contribution is 1.25. The number of nitrogens with zero attached hydrogens (tertiary/aromatic N) is 3. The van der Waals surface area contributed by atoms with Gasteiger partial charge in [-0.25, -0.2) is 9.97 Å². The monoisotopic (exact) mass is 553 g/mol. The molecular weight excluding hydrogens is 522 g/mol. The van der Waals surface area contributed by atoms with Crippen LogP contribution in [0.3, 0.4) is 0 Å². The van der Waals surface area contributed by atoms with E-state index in [2.05, 4.69) is 123 Å². The van der Waals surface area contributed by atoms with Crippen LogP contribution in [0.25, 0.3) is 66.6 Å². The maximum absolute atomic E-state index is 5.39. The van der Waals surface area contributed by atoms with Crippen LogP contribution >= 0.6 is 0 Å². The van der Waals surface area contributed by atoms with Gasteiger partial charge in [0.1, 0.15) is 0 Å². The van der Waals surface area contributed by atoms with Crippen molar-refractivity contribution in [3.05, 3.63) is 150 Å². The van der Waals surface area contributed by atoms with Crippen LogP contribution in [0.4, 0.5) is 0 Å². The molecule has 0 amide bonds. The van der Waals surface area contributed by atoms with Crippen LogP contribution in [-0.4, -0.2) is 15.0 Å². The second kappa shape index (κ2) is 10.8. The lowest BCUT2D eigenvalue weighted by Crippen LogP contribution is -2.02. The highest BCUT2D eigenvalue weighted by molar-refractivity contribution is 6.21. The molecule has 0 aliphatic carbocycles. The van der Waals surface area contributed by atoms with E-state index in [4.69, 9.17) is 9.97 Å². The predicted octanol–water partition coefficient (Wildman–Crippen LogP) is 10.3. The fraction of sp³-hybridized carbons (Fsp3) is 0.0750. The molecule has 7 rings (SSSR count). The number of aryl methyl sites for hydroxylation is 3. The highest BCUT2D eigenvalue weighted by Gasteiger charge is 2.23. The molecule has 0 aliphatic heterocycles. The summed E-state index contributed by atoms with van der Waals surface area (Å²) in [6, 6.07) is 35.5. The highest BCUT2D eigenvalue weighted by Crippen LogP contribution is 2.44. The number of hydrogen-bond donors (Lipinski definition) is 0. The standard InChI is InChI=1S/C40H31N3/c1-5-28(32-21-14-15-23-41-32)24-34-25(2)35-26(3)38-36(27(4)37(35)39(43-34)29-16-8-6-9-17-29)31-20-12-13-22-33(31)42-40(38)30-18-10-7-11-19-30/h5-24H,1H2,2-4H3/b28-24+. The minimum Gasteiger partial charge on any atom is -0.256 e. The Hall–Kier alpha value is -5.41. The Labute approximate surface area is 251 Å². The lowest BCUT2D eigenvalue weighted by atomic mass is 9.85. The summed E-state index contributed by atoms with van der Waals surface area (Å²) in [6.07, 6.45) is 5.79. The quantitative estimate of drug-likeness (QED) is 0.121. The molecule has 0 bridgehead atoms. The Morgan fingerprint density at radius 2 is 1.16 bits per heavy atom. The number of para-hydroxylation sites is 1. The average Bonchev–Trinajstić information content (AvgIpc) is 3.07. The van der Waals surface area contributed by atoms with Gasteiger partial charge in [0.05, 0.1) is 28.3 Å². The normalized spacial score (nSPS) is 11.8. The van der Waals surface area contributed by atoms with Crippen molar-refractivity contribution in [2.75, 3.05) is 0 Å². The summed E-state index contributed by atoms with van der Waals surface area (Å²) in [5, 5.41) is 5.97. The van der Waals surface area contributed by atoms with Gasteiger partial charge in [0, 0.05) is 39.1 Å². The Morgan fingerprint density at radius 3 is 1.81 bits per heavy atom. The van der Waals surface area contributed by atoms with Crippen LogP contribution in [0.5, 0.6) is 0 Å². The molecular formula is C40H31N3. The van der Waals surface area contributed by atoms with Gasteiger partial charge in [-0.15, -0.1) is 0 Å². The van der Waals surface area contributed by atoms with Crippen molar-refractivity contribution in [3.63, 3.8) is 0 Å². The maximum atomic E-state index is 5.39. The van der Waals surface area contributed by atoms with E-state index in [1.54, 1.807) is 0 Å². The van der Waals surface area contributed by atoms with Gasteiger partial charge >= 0.3 is 0 Å². The van der Waals surface area contributed by atoms with Gasteiger partial charge in [-0.1, -0.05) is 97.6 Å². The van der Waals surface area contributed by atoms with E-state index in [1.807, 2.05) is 30.5 Å². The average molecular weight is 554 g/mol. The largest absolute Gasteiger partial charge is 0.256 e. The van der Waals surface area contributed by atoms with Crippen LogP contribution < -0.4 is 0 Å². The minimum absolute atomic E-state index is 0.869. The van der Waals surface area contributed by atoms with Gasteiger partial charge in [0.2, 0.25) is 0 Å². The molecule has 0 aliphatic rings. The molecule has 0 fully saturated rings. The summed E-state index contributed by atoms with van der Waals surface area (Å²) in [5.41, 5.74) is 11.4. The molecule has 0 saturated carbocycles. The van der Waals surface area contributed by atoms with Crippen molar-refractivity contribution in [1.29, 1.82) is 0 Å². The molecule has 7 aromatic rings. The van der Waals surface area contributed by atoms with E-state index in [-0.39, 0.29) is 0 Å². The third-order valence-corrected chi connectivity index (χ3v) is 8.44. The van der Waals surface area contributed by atoms with Crippen LogP contribution in [0, 0.1) is 20.8 Å². The fourth-order valence-corrected chi connectivity index (χ4v) is 6.41. The highest BCUT2D eigenvalue weighted by atomic mass is 14.7. The fourth-order valence-electron chi connectivity index (χ4n) is 6.41. The SMILES string of the molecule is C=C/C(=C\c1nc(-c2ccccc2)c2c(C)c3c(c(-c4ccccc4)nc4ccccc43)c(C)c2c1C)c1ccccn1. The summed E-state index contributed by atoms with van der Waals surface area (Å²) in [4.78, 5) is 15.2. The van der Waals surface area contributed by atoms with Crippen LogP contribution in [0.1, 0.15) is 28.1 Å². The second-order valence-electron chi connectivity index (χ2n) is 10.9. The smallest absolute Gasteiger partial charge is 0.0791 e. The lowest BCUT2D eigenvalue weighted by Gasteiger charge is -2.22. The first-order chi connectivity index (χ1) is 21.1. The topological polar surface area (TPSA) is 38.7 Å². The summed E-state index contributed by atoms with van der Waals surface area (Å²) in [5.74, 6) is 0. The molecule has 206 valence electrons. The van der Waals surface area contributed by atoms with E-state index < -0.39 is 0 Å². The molecule has 43 heavy (non-hydrogen) atoms. The number of benzene rings is 4. The molecule has 0 N–H and O–H groups in total.